The Balaban J connectivity index is 3.58. The van der Waals surface area contributed by atoms with E-state index in [1.54, 1.807) is 0 Å². The van der Waals surface area contributed by atoms with Crippen molar-refractivity contribution in [2.45, 2.75) is 13.8 Å². The Kier molecular flexibility index (Phi) is 3.11. The van der Waals surface area contributed by atoms with Crippen LogP contribution in [0.5, 0.6) is 0 Å². The van der Waals surface area contributed by atoms with Crippen LogP contribution in [-0.2, 0) is 0 Å². The van der Waals surface area contributed by atoms with Crippen LogP contribution in [-0.4, -0.2) is 0 Å². The van der Waals surface area contributed by atoms with Crippen LogP contribution in [0, 0.1) is 0 Å². The van der Waals surface area contributed by atoms with E-state index in [0.717, 1.165) is 0 Å². The fraction of sp³-hybridized carbons (Fsp3) is 0.333. The van der Waals surface area contributed by atoms with Crippen LogP contribution < -0.4 is 5.73 Å². The number of hydrogen-bond acceptors (Lipinski definition) is 1. The molecule has 1 heteroatoms. The summed E-state index contributed by atoms with van der Waals surface area (Å²) >= 11 is 0. The third-order valence-electron chi connectivity index (χ3n) is 0.814. The zero-order valence-corrected chi connectivity index (χ0v) is 4.81. The van der Waals surface area contributed by atoms with Gasteiger partial charge in [0.2, 0.25) is 0 Å². The largest absolute Gasteiger partial charge is 0.405 e. The lowest BCUT2D eigenvalue weighted by molar-refractivity contribution is 1.45. The summed E-state index contributed by atoms with van der Waals surface area (Å²) in [5.41, 5.74) is 6.28. The Morgan fingerprint density at radius 1 is 1.57 bits per heavy atom. The van der Waals surface area contributed by atoms with Gasteiger partial charge in [0.1, 0.15) is 0 Å². The molecule has 0 rings (SSSR count). The monoisotopic (exact) mass is 97.1 g/mol. The van der Waals surface area contributed by atoms with E-state index in [-0.39, 0.29) is 0 Å². The number of allylic oxidation sites excluding steroid dienone is 3. The van der Waals surface area contributed by atoms with Crippen LogP contribution in [0.2, 0.25) is 0 Å². The van der Waals surface area contributed by atoms with Crippen molar-refractivity contribution in [1.29, 1.82) is 0 Å². The molecular weight excluding hydrogens is 86.1 g/mol. The second kappa shape index (κ2) is 3.47. The maximum atomic E-state index is 5.08. The Hall–Kier alpha value is -0.720. The first-order valence-corrected chi connectivity index (χ1v) is 2.32. The van der Waals surface area contributed by atoms with E-state index in [9.17, 15) is 0 Å². The van der Waals surface area contributed by atoms with Crippen molar-refractivity contribution in [3.05, 3.63) is 23.9 Å². The van der Waals surface area contributed by atoms with Crippen LogP contribution in [0.1, 0.15) is 13.8 Å². The summed E-state index contributed by atoms with van der Waals surface area (Å²) in [7, 11) is 0. The van der Waals surface area contributed by atoms with Crippen molar-refractivity contribution in [2.24, 2.45) is 5.73 Å². The smallest absolute Gasteiger partial charge is 0.00598 e. The summed E-state index contributed by atoms with van der Waals surface area (Å²) < 4.78 is 0. The first-order valence-electron chi connectivity index (χ1n) is 2.32. The molecular formula is C6H11N. The van der Waals surface area contributed by atoms with Crippen molar-refractivity contribution in [3.63, 3.8) is 0 Å². The molecule has 0 spiro atoms. The molecule has 0 saturated heterocycles. The highest BCUT2D eigenvalue weighted by molar-refractivity contribution is 5.13. The van der Waals surface area contributed by atoms with Crippen LogP contribution in [0.3, 0.4) is 0 Å². The van der Waals surface area contributed by atoms with Gasteiger partial charge in [-0.05, 0) is 26.1 Å². The minimum Gasteiger partial charge on any atom is -0.405 e. The average Bonchev–Trinajstić information content (AvgIpc) is 1.68. The van der Waals surface area contributed by atoms with E-state index in [4.69, 9.17) is 5.73 Å². The Morgan fingerprint density at radius 2 is 2.14 bits per heavy atom. The van der Waals surface area contributed by atoms with Gasteiger partial charge in [-0.15, -0.1) is 0 Å². The van der Waals surface area contributed by atoms with Crippen molar-refractivity contribution in [3.8, 4) is 0 Å². The molecule has 0 unspecified atom stereocenters. The maximum Gasteiger partial charge on any atom is -0.00598 e. The van der Waals surface area contributed by atoms with Crippen molar-refractivity contribution >= 4 is 0 Å². The van der Waals surface area contributed by atoms with Gasteiger partial charge in [0.15, 0.2) is 0 Å². The SMILES string of the molecule is C/C=C(C)\C=C/N. The summed E-state index contributed by atoms with van der Waals surface area (Å²) in [5.74, 6) is 0. The maximum absolute atomic E-state index is 5.08. The first-order chi connectivity index (χ1) is 3.31. The molecule has 0 aliphatic heterocycles. The minimum absolute atomic E-state index is 1.20. The standard InChI is InChI=1S/C6H11N/c1-3-6(2)4-5-7/h3-5H,7H2,1-2H3/b5-4-,6-3-. The molecule has 0 aromatic carbocycles. The fourth-order valence-corrected chi connectivity index (χ4v) is 0.248. The van der Waals surface area contributed by atoms with Gasteiger partial charge in [-0.3, -0.25) is 0 Å². The Labute approximate surface area is 44.5 Å². The normalized spacial score (nSPS) is 13.1. The van der Waals surface area contributed by atoms with Crippen LogP contribution >= 0.6 is 0 Å². The zero-order chi connectivity index (χ0) is 5.70. The lowest BCUT2D eigenvalue weighted by atomic mass is 10.3. The summed E-state index contributed by atoms with van der Waals surface area (Å²) in [6, 6.07) is 0. The Morgan fingerprint density at radius 3 is 2.29 bits per heavy atom. The van der Waals surface area contributed by atoms with E-state index in [2.05, 4.69) is 0 Å². The van der Waals surface area contributed by atoms with Gasteiger partial charge in [0.05, 0.1) is 0 Å². The Bertz CT molecular complexity index is 90.4. The van der Waals surface area contributed by atoms with Gasteiger partial charge in [-0.25, -0.2) is 0 Å². The highest BCUT2D eigenvalue weighted by atomic mass is 14.5. The predicted octanol–water partition coefficient (Wildman–Crippen LogP) is 1.43. The van der Waals surface area contributed by atoms with Gasteiger partial charge >= 0.3 is 0 Å². The molecule has 0 bridgehead atoms. The first kappa shape index (κ1) is 6.28. The lowest BCUT2D eigenvalue weighted by Gasteiger charge is -1.81. The van der Waals surface area contributed by atoms with Crippen LogP contribution in [0.15, 0.2) is 23.9 Å². The summed E-state index contributed by atoms with van der Waals surface area (Å²) in [6.45, 7) is 3.98. The molecule has 1 nitrogen and oxygen atoms in total. The molecule has 0 heterocycles. The van der Waals surface area contributed by atoms with Crippen molar-refractivity contribution in [2.75, 3.05) is 0 Å². The van der Waals surface area contributed by atoms with Gasteiger partial charge in [0, 0.05) is 0 Å². The second-order valence-electron chi connectivity index (χ2n) is 1.39. The highest BCUT2D eigenvalue weighted by Gasteiger charge is 1.70. The third kappa shape index (κ3) is 3.10. The highest BCUT2D eigenvalue weighted by Crippen LogP contribution is 1.89. The predicted molar refractivity (Wildman–Crippen MR) is 32.8 cm³/mol. The summed E-state index contributed by atoms with van der Waals surface area (Å²) in [5, 5.41) is 0. The van der Waals surface area contributed by atoms with Gasteiger partial charge in [-0.1, -0.05) is 11.6 Å². The second-order valence-corrected chi connectivity index (χ2v) is 1.39. The molecule has 0 saturated carbocycles. The van der Waals surface area contributed by atoms with E-state index < -0.39 is 0 Å². The van der Waals surface area contributed by atoms with Crippen molar-refractivity contribution < 1.29 is 0 Å². The molecule has 40 valence electrons. The average molecular weight is 97.2 g/mol. The number of hydrogen-bond donors (Lipinski definition) is 1. The lowest BCUT2D eigenvalue weighted by Crippen LogP contribution is -1.75. The van der Waals surface area contributed by atoms with Gasteiger partial charge in [-0.2, -0.15) is 0 Å². The van der Waals surface area contributed by atoms with Crippen LogP contribution in [0.25, 0.3) is 0 Å². The van der Waals surface area contributed by atoms with E-state index in [1.165, 1.54) is 11.8 Å². The third-order valence-corrected chi connectivity index (χ3v) is 0.814. The summed E-state index contributed by atoms with van der Waals surface area (Å²) in [4.78, 5) is 0. The number of nitrogens with two attached hydrogens (primary N) is 1. The van der Waals surface area contributed by atoms with Gasteiger partial charge in [0.25, 0.3) is 0 Å². The molecule has 2 N–H and O–H groups in total. The number of rotatable bonds is 1. The fourth-order valence-electron chi connectivity index (χ4n) is 0.248. The van der Waals surface area contributed by atoms with E-state index in [0.29, 0.717) is 0 Å². The quantitative estimate of drug-likeness (QED) is 0.492. The topological polar surface area (TPSA) is 26.0 Å². The summed E-state index contributed by atoms with van der Waals surface area (Å²) in [6.07, 6.45) is 5.40. The van der Waals surface area contributed by atoms with Crippen LogP contribution in [0.4, 0.5) is 0 Å². The molecule has 0 aliphatic carbocycles. The molecule has 0 aliphatic rings. The molecule has 0 fully saturated rings. The zero-order valence-electron chi connectivity index (χ0n) is 4.81. The van der Waals surface area contributed by atoms with Crippen molar-refractivity contribution in [1.82, 2.24) is 0 Å². The molecule has 0 aromatic heterocycles. The van der Waals surface area contributed by atoms with E-state index >= 15 is 0 Å². The minimum atomic E-state index is 1.20. The van der Waals surface area contributed by atoms with Gasteiger partial charge < -0.3 is 5.73 Å². The molecule has 7 heavy (non-hydrogen) atoms. The molecule has 0 aromatic rings. The van der Waals surface area contributed by atoms with E-state index in [1.807, 2.05) is 26.0 Å². The molecule has 0 atom stereocenters. The molecule has 0 amide bonds. The molecule has 0 radical (unpaired) electrons.